The van der Waals surface area contributed by atoms with Gasteiger partial charge in [0.25, 0.3) is 5.91 Å². The van der Waals surface area contributed by atoms with Gasteiger partial charge in [0.1, 0.15) is 0 Å². The quantitative estimate of drug-likeness (QED) is 0.768. The summed E-state index contributed by atoms with van der Waals surface area (Å²) in [7, 11) is 0. The van der Waals surface area contributed by atoms with Crippen molar-refractivity contribution in [3.63, 3.8) is 0 Å². The summed E-state index contributed by atoms with van der Waals surface area (Å²) in [6.07, 6.45) is 1.11. The minimum atomic E-state index is -0.0464. The Morgan fingerprint density at radius 3 is 2.88 bits per heavy atom. The lowest BCUT2D eigenvalue weighted by Crippen LogP contribution is -2.44. The molecule has 1 aliphatic heterocycles. The molecule has 4 nitrogen and oxygen atoms in total. The number of halogens is 2. The molecule has 1 atom stereocenters. The van der Waals surface area contributed by atoms with Crippen molar-refractivity contribution in [2.75, 3.05) is 18.8 Å². The first-order valence-electron chi connectivity index (χ1n) is 7.98. The number of fused-ring (bicyclic) bond motifs is 1. The minimum Gasteiger partial charge on any atom is -0.399 e. The van der Waals surface area contributed by atoms with Gasteiger partial charge in [-0.3, -0.25) is 9.69 Å². The van der Waals surface area contributed by atoms with Crippen LogP contribution in [-0.2, 0) is 13.0 Å². The number of aryl methyl sites for hydroxylation is 1. The zero-order valence-electron chi connectivity index (χ0n) is 14.5. The molecule has 0 fully saturated rings. The number of nitrogen functional groups attached to an aromatic ring is 1. The van der Waals surface area contributed by atoms with Crippen molar-refractivity contribution in [1.82, 2.24) is 10.2 Å². The highest BCUT2D eigenvalue weighted by molar-refractivity contribution is 7.10. The summed E-state index contributed by atoms with van der Waals surface area (Å²) in [6, 6.07) is 7.98. The molecule has 1 unspecified atom stereocenters. The van der Waals surface area contributed by atoms with Crippen LogP contribution in [0.3, 0.4) is 0 Å². The first-order chi connectivity index (χ1) is 11.0. The zero-order valence-corrected chi connectivity index (χ0v) is 16.9. The van der Waals surface area contributed by atoms with Crippen LogP contribution in [0.2, 0.25) is 0 Å². The number of hydrogen-bond acceptors (Lipinski definition) is 4. The number of nitrogens with zero attached hydrogens (tertiary/aromatic N) is 1. The molecule has 3 N–H and O–H groups in total. The average Bonchev–Trinajstić information content (AvgIpc) is 3.02. The number of amides is 1. The number of carbonyl (C=O) groups is 1. The number of carbonyl (C=O) groups excluding carboxylic acids is 1. The van der Waals surface area contributed by atoms with Crippen LogP contribution in [0.5, 0.6) is 0 Å². The second kappa shape index (κ2) is 9.43. The molecule has 2 heterocycles. The van der Waals surface area contributed by atoms with Crippen molar-refractivity contribution in [2.45, 2.75) is 32.9 Å². The van der Waals surface area contributed by atoms with E-state index in [4.69, 9.17) is 5.73 Å². The second-order valence-corrected chi connectivity index (χ2v) is 7.22. The Kier molecular flexibility index (Phi) is 8.22. The summed E-state index contributed by atoms with van der Waals surface area (Å²) in [6.45, 7) is 6.78. The topological polar surface area (TPSA) is 58.4 Å². The van der Waals surface area contributed by atoms with Crippen LogP contribution in [0, 0.1) is 6.92 Å². The minimum absolute atomic E-state index is 0. The van der Waals surface area contributed by atoms with Crippen molar-refractivity contribution in [3.05, 3.63) is 51.2 Å². The van der Waals surface area contributed by atoms with E-state index in [1.54, 1.807) is 6.07 Å². The molecule has 0 spiro atoms. The smallest absolute Gasteiger partial charge is 0.251 e. The average molecular weight is 402 g/mol. The van der Waals surface area contributed by atoms with E-state index in [-0.39, 0.29) is 30.7 Å². The molecule has 7 heteroatoms. The van der Waals surface area contributed by atoms with E-state index in [0.717, 1.165) is 25.1 Å². The predicted molar refractivity (Wildman–Crippen MR) is 110 cm³/mol. The summed E-state index contributed by atoms with van der Waals surface area (Å²) >= 11 is 1.85. The van der Waals surface area contributed by atoms with Crippen LogP contribution in [-0.4, -0.2) is 29.9 Å². The van der Waals surface area contributed by atoms with Gasteiger partial charge in [-0.2, -0.15) is 0 Å². The Bertz CT molecular complexity index is 720. The van der Waals surface area contributed by atoms with Crippen LogP contribution >= 0.6 is 36.2 Å². The third-order valence-corrected chi connectivity index (χ3v) is 5.55. The fourth-order valence-corrected chi connectivity index (χ4v) is 3.89. The van der Waals surface area contributed by atoms with Gasteiger partial charge in [0.05, 0.1) is 0 Å². The molecule has 0 bridgehead atoms. The van der Waals surface area contributed by atoms with Crippen molar-refractivity contribution in [3.8, 4) is 0 Å². The summed E-state index contributed by atoms with van der Waals surface area (Å²) in [5.41, 5.74) is 9.45. The van der Waals surface area contributed by atoms with E-state index in [2.05, 4.69) is 28.6 Å². The highest BCUT2D eigenvalue weighted by atomic mass is 35.5. The lowest BCUT2D eigenvalue weighted by Gasteiger charge is -2.32. The summed E-state index contributed by atoms with van der Waals surface area (Å²) in [5.74, 6) is -0.0464. The molecule has 0 saturated carbocycles. The number of benzene rings is 1. The first kappa shape index (κ1) is 21.8. The third kappa shape index (κ3) is 5.11. The van der Waals surface area contributed by atoms with Gasteiger partial charge in [-0.05, 0) is 55.0 Å². The van der Waals surface area contributed by atoms with Gasteiger partial charge in [0.15, 0.2) is 0 Å². The maximum Gasteiger partial charge on any atom is 0.251 e. The fourth-order valence-electron chi connectivity index (χ4n) is 3.00. The number of nitrogens with one attached hydrogen (secondary N) is 1. The van der Waals surface area contributed by atoms with E-state index in [1.165, 1.54) is 10.4 Å². The summed E-state index contributed by atoms with van der Waals surface area (Å²) < 4.78 is 0. The van der Waals surface area contributed by atoms with Crippen molar-refractivity contribution >= 4 is 47.7 Å². The standard InChI is InChI=1S/C18H23N3OS.2ClH/c1-12-3-4-15(19)9-16(12)18(22)20-10-13(2)21-7-5-17-14(11-21)6-8-23-17;;/h3-4,6,8-9,13H,5,7,10-11,19H2,1-2H3,(H,20,22);2*1H. The molecule has 0 aliphatic carbocycles. The monoisotopic (exact) mass is 401 g/mol. The largest absolute Gasteiger partial charge is 0.399 e. The van der Waals surface area contributed by atoms with E-state index in [9.17, 15) is 4.79 Å². The lowest BCUT2D eigenvalue weighted by atomic mass is 10.1. The summed E-state index contributed by atoms with van der Waals surface area (Å²) in [4.78, 5) is 16.3. The molecule has 2 aromatic rings. The van der Waals surface area contributed by atoms with Crippen molar-refractivity contribution in [1.29, 1.82) is 0 Å². The van der Waals surface area contributed by atoms with Gasteiger partial charge in [-0.1, -0.05) is 6.07 Å². The van der Waals surface area contributed by atoms with E-state index in [0.29, 0.717) is 23.8 Å². The molecule has 3 rings (SSSR count). The molecule has 1 amide bonds. The van der Waals surface area contributed by atoms with Gasteiger partial charge < -0.3 is 11.1 Å². The number of nitrogens with two attached hydrogens (primary N) is 1. The molecule has 0 saturated heterocycles. The van der Waals surface area contributed by atoms with Gasteiger partial charge in [0, 0.05) is 41.8 Å². The normalized spacial score (nSPS) is 14.6. The Balaban J connectivity index is 0.00000156. The van der Waals surface area contributed by atoms with E-state index < -0.39 is 0 Å². The van der Waals surface area contributed by atoms with Gasteiger partial charge in [0.2, 0.25) is 0 Å². The zero-order chi connectivity index (χ0) is 16.4. The van der Waals surface area contributed by atoms with Gasteiger partial charge in [-0.25, -0.2) is 0 Å². The highest BCUT2D eigenvalue weighted by Gasteiger charge is 2.22. The number of rotatable bonds is 4. The Morgan fingerprint density at radius 1 is 1.36 bits per heavy atom. The SMILES string of the molecule is Cc1ccc(N)cc1C(=O)NCC(C)N1CCc2sccc2C1.Cl.Cl. The molecular formula is C18H25Cl2N3OS. The van der Waals surface area contributed by atoms with E-state index >= 15 is 0 Å². The van der Waals surface area contributed by atoms with Crippen molar-refractivity contribution in [2.24, 2.45) is 0 Å². The molecule has 138 valence electrons. The van der Waals surface area contributed by atoms with Crippen molar-refractivity contribution < 1.29 is 4.79 Å². The number of hydrogen-bond donors (Lipinski definition) is 2. The van der Waals surface area contributed by atoms with Crippen LogP contribution in [0.1, 0.15) is 33.3 Å². The second-order valence-electron chi connectivity index (χ2n) is 6.22. The Hall–Kier alpha value is -1.27. The number of anilines is 1. The molecule has 0 radical (unpaired) electrons. The lowest BCUT2D eigenvalue weighted by molar-refractivity contribution is 0.0932. The maximum absolute atomic E-state index is 12.4. The third-order valence-electron chi connectivity index (χ3n) is 4.52. The Morgan fingerprint density at radius 2 is 2.12 bits per heavy atom. The Labute approximate surface area is 165 Å². The molecule has 1 aromatic heterocycles. The van der Waals surface area contributed by atoms with Crippen LogP contribution in [0.4, 0.5) is 5.69 Å². The fraction of sp³-hybridized carbons (Fsp3) is 0.389. The molecule has 25 heavy (non-hydrogen) atoms. The van der Waals surface area contributed by atoms with E-state index in [1.807, 2.05) is 30.4 Å². The highest BCUT2D eigenvalue weighted by Crippen LogP contribution is 2.25. The first-order valence-corrected chi connectivity index (χ1v) is 8.86. The summed E-state index contributed by atoms with van der Waals surface area (Å²) in [5, 5.41) is 5.22. The predicted octanol–water partition coefficient (Wildman–Crippen LogP) is 3.66. The van der Waals surface area contributed by atoms with Gasteiger partial charge in [-0.15, -0.1) is 36.2 Å². The van der Waals surface area contributed by atoms with Crippen LogP contribution in [0.15, 0.2) is 29.6 Å². The van der Waals surface area contributed by atoms with Gasteiger partial charge >= 0.3 is 0 Å². The molecule has 1 aliphatic rings. The maximum atomic E-state index is 12.4. The number of thiophene rings is 1. The molecular weight excluding hydrogens is 377 g/mol. The van der Waals surface area contributed by atoms with Crippen LogP contribution < -0.4 is 11.1 Å². The molecule has 1 aromatic carbocycles. The van der Waals surface area contributed by atoms with Crippen LogP contribution in [0.25, 0.3) is 0 Å².